The summed E-state index contributed by atoms with van der Waals surface area (Å²) in [6.07, 6.45) is 2.44. The van der Waals surface area contributed by atoms with Gasteiger partial charge in [-0.1, -0.05) is 6.07 Å². The maximum atomic E-state index is 12.0. The normalized spacial score (nSPS) is 14.5. The maximum absolute atomic E-state index is 12.0. The Morgan fingerprint density at radius 3 is 3.00 bits per heavy atom. The number of thiol groups is 1. The van der Waals surface area contributed by atoms with E-state index in [0.29, 0.717) is 16.6 Å². The third-order valence-corrected chi connectivity index (χ3v) is 3.90. The molecule has 0 spiro atoms. The molecule has 3 nitrogen and oxygen atoms in total. The lowest BCUT2D eigenvalue weighted by molar-refractivity contribution is 0.102. The zero-order chi connectivity index (χ0) is 12.5. The highest BCUT2D eigenvalue weighted by Crippen LogP contribution is 2.40. The summed E-state index contributed by atoms with van der Waals surface area (Å²) in [4.78, 5) is 17.2. The van der Waals surface area contributed by atoms with Gasteiger partial charge in [-0.2, -0.15) is 0 Å². The van der Waals surface area contributed by atoms with Crippen LogP contribution >= 0.6 is 24.0 Å². The van der Waals surface area contributed by atoms with Crippen LogP contribution in [-0.4, -0.2) is 10.9 Å². The molecule has 1 aliphatic carbocycles. The van der Waals surface area contributed by atoms with Crippen LogP contribution in [0.4, 0.5) is 5.13 Å². The molecule has 1 aliphatic rings. The second-order valence-electron chi connectivity index (χ2n) is 4.36. The van der Waals surface area contributed by atoms with Crippen molar-refractivity contribution in [3.63, 3.8) is 0 Å². The van der Waals surface area contributed by atoms with Gasteiger partial charge in [0.1, 0.15) is 0 Å². The first-order valence-corrected chi connectivity index (χ1v) is 7.11. The fourth-order valence-corrected chi connectivity index (χ4v) is 2.74. The van der Waals surface area contributed by atoms with E-state index in [1.807, 2.05) is 17.5 Å². The highest BCUT2D eigenvalue weighted by molar-refractivity contribution is 7.80. The number of benzene rings is 1. The van der Waals surface area contributed by atoms with E-state index in [0.717, 1.165) is 10.6 Å². The standard InChI is InChI=1S/C13H12N2OS2/c16-12(9-2-1-3-10(17)6-9)15-13-14-11(7-18-13)8-4-5-8/h1-3,6-8,17H,4-5H2,(H,14,15,16). The van der Waals surface area contributed by atoms with E-state index in [1.165, 1.54) is 24.2 Å². The SMILES string of the molecule is O=C(Nc1nc(C2CC2)cs1)c1cccc(S)c1. The van der Waals surface area contributed by atoms with Gasteiger partial charge in [0.2, 0.25) is 0 Å². The van der Waals surface area contributed by atoms with Gasteiger partial charge in [0.25, 0.3) is 5.91 Å². The molecule has 1 heterocycles. The van der Waals surface area contributed by atoms with Crippen molar-refractivity contribution in [1.29, 1.82) is 0 Å². The Balaban J connectivity index is 1.73. The number of nitrogens with zero attached hydrogens (tertiary/aromatic N) is 1. The predicted octanol–water partition coefficient (Wildman–Crippen LogP) is 3.56. The molecule has 2 aromatic rings. The molecular formula is C13H12N2OS2. The molecule has 0 atom stereocenters. The monoisotopic (exact) mass is 276 g/mol. The summed E-state index contributed by atoms with van der Waals surface area (Å²) >= 11 is 5.70. The molecule has 5 heteroatoms. The van der Waals surface area contributed by atoms with E-state index in [-0.39, 0.29) is 5.91 Å². The number of nitrogens with one attached hydrogen (secondary N) is 1. The first-order chi connectivity index (χ1) is 8.72. The highest BCUT2D eigenvalue weighted by atomic mass is 32.1. The molecule has 0 bridgehead atoms. The quantitative estimate of drug-likeness (QED) is 0.842. The van der Waals surface area contributed by atoms with Gasteiger partial charge in [-0.15, -0.1) is 24.0 Å². The second-order valence-corrected chi connectivity index (χ2v) is 5.73. The number of rotatable bonds is 3. The lowest BCUT2D eigenvalue weighted by Crippen LogP contribution is -2.11. The van der Waals surface area contributed by atoms with Crippen LogP contribution in [-0.2, 0) is 0 Å². The van der Waals surface area contributed by atoms with Gasteiger partial charge in [0.15, 0.2) is 5.13 Å². The molecule has 1 saturated carbocycles. The fraction of sp³-hybridized carbons (Fsp3) is 0.231. The van der Waals surface area contributed by atoms with E-state index in [1.54, 1.807) is 12.1 Å². The summed E-state index contributed by atoms with van der Waals surface area (Å²) in [5.74, 6) is 0.482. The fourth-order valence-electron chi connectivity index (χ4n) is 1.73. The van der Waals surface area contributed by atoms with Crippen LogP contribution in [0.3, 0.4) is 0 Å². The Hall–Kier alpha value is -1.33. The average Bonchev–Trinajstić information content (AvgIpc) is 3.11. The van der Waals surface area contributed by atoms with Crippen molar-refractivity contribution in [3.8, 4) is 0 Å². The number of anilines is 1. The maximum Gasteiger partial charge on any atom is 0.257 e. The number of carbonyl (C=O) groups is 1. The van der Waals surface area contributed by atoms with Crippen molar-refractivity contribution in [2.75, 3.05) is 5.32 Å². The summed E-state index contributed by atoms with van der Waals surface area (Å²) in [6.45, 7) is 0. The Labute approximate surface area is 115 Å². The van der Waals surface area contributed by atoms with E-state index < -0.39 is 0 Å². The summed E-state index contributed by atoms with van der Waals surface area (Å²) < 4.78 is 0. The largest absolute Gasteiger partial charge is 0.298 e. The van der Waals surface area contributed by atoms with Gasteiger partial charge < -0.3 is 0 Å². The predicted molar refractivity (Wildman–Crippen MR) is 75.7 cm³/mol. The van der Waals surface area contributed by atoms with Crippen LogP contribution in [0, 0.1) is 0 Å². The Morgan fingerprint density at radius 2 is 2.28 bits per heavy atom. The molecule has 18 heavy (non-hydrogen) atoms. The van der Waals surface area contributed by atoms with Crippen molar-refractivity contribution in [2.45, 2.75) is 23.7 Å². The van der Waals surface area contributed by atoms with E-state index >= 15 is 0 Å². The molecule has 0 saturated heterocycles. The van der Waals surface area contributed by atoms with Crippen molar-refractivity contribution < 1.29 is 4.79 Å². The Bertz CT molecular complexity index is 590. The molecular weight excluding hydrogens is 264 g/mol. The van der Waals surface area contributed by atoms with Crippen LogP contribution in [0.25, 0.3) is 0 Å². The van der Waals surface area contributed by atoms with Gasteiger partial charge in [0, 0.05) is 21.8 Å². The number of hydrogen-bond acceptors (Lipinski definition) is 4. The zero-order valence-electron chi connectivity index (χ0n) is 9.59. The average molecular weight is 276 g/mol. The van der Waals surface area contributed by atoms with Crippen molar-refractivity contribution in [2.24, 2.45) is 0 Å². The minimum Gasteiger partial charge on any atom is -0.298 e. The summed E-state index contributed by atoms with van der Waals surface area (Å²) in [6, 6.07) is 7.17. The van der Waals surface area contributed by atoms with E-state index in [9.17, 15) is 4.79 Å². The minimum atomic E-state index is -0.136. The molecule has 0 unspecified atom stereocenters. The van der Waals surface area contributed by atoms with Crippen LogP contribution < -0.4 is 5.32 Å². The molecule has 1 N–H and O–H groups in total. The van der Waals surface area contributed by atoms with Gasteiger partial charge in [-0.3, -0.25) is 10.1 Å². The number of thiazole rings is 1. The second kappa shape index (κ2) is 4.74. The summed E-state index contributed by atoms with van der Waals surface area (Å²) in [5, 5.41) is 5.53. The smallest absolute Gasteiger partial charge is 0.257 e. The lowest BCUT2D eigenvalue weighted by Gasteiger charge is -2.02. The molecule has 92 valence electrons. The van der Waals surface area contributed by atoms with E-state index in [2.05, 4.69) is 22.9 Å². The number of aromatic nitrogens is 1. The van der Waals surface area contributed by atoms with Gasteiger partial charge in [-0.25, -0.2) is 4.98 Å². The molecule has 3 rings (SSSR count). The van der Waals surface area contributed by atoms with Crippen LogP contribution in [0.2, 0.25) is 0 Å². The number of carbonyl (C=O) groups excluding carboxylic acids is 1. The third kappa shape index (κ3) is 2.57. The van der Waals surface area contributed by atoms with E-state index in [4.69, 9.17) is 0 Å². The van der Waals surface area contributed by atoms with Crippen molar-refractivity contribution >= 4 is 35.0 Å². The number of amides is 1. The van der Waals surface area contributed by atoms with Crippen LogP contribution in [0.15, 0.2) is 34.5 Å². The number of hydrogen-bond donors (Lipinski definition) is 2. The summed E-state index contributed by atoms with van der Waals surface area (Å²) in [5.41, 5.74) is 1.71. The Morgan fingerprint density at radius 1 is 1.44 bits per heavy atom. The van der Waals surface area contributed by atoms with Crippen molar-refractivity contribution in [3.05, 3.63) is 40.9 Å². The first-order valence-electron chi connectivity index (χ1n) is 5.78. The van der Waals surface area contributed by atoms with Gasteiger partial charge in [0.05, 0.1) is 5.69 Å². The molecule has 1 aromatic carbocycles. The van der Waals surface area contributed by atoms with Gasteiger partial charge >= 0.3 is 0 Å². The van der Waals surface area contributed by atoms with Crippen LogP contribution in [0.1, 0.15) is 34.8 Å². The molecule has 1 amide bonds. The summed E-state index contributed by atoms with van der Waals surface area (Å²) in [7, 11) is 0. The van der Waals surface area contributed by atoms with Gasteiger partial charge in [-0.05, 0) is 31.0 Å². The Kier molecular flexibility index (Phi) is 3.09. The third-order valence-electron chi connectivity index (χ3n) is 2.85. The lowest BCUT2D eigenvalue weighted by atomic mass is 10.2. The van der Waals surface area contributed by atoms with Crippen molar-refractivity contribution in [1.82, 2.24) is 4.98 Å². The highest BCUT2D eigenvalue weighted by Gasteiger charge is 2.26. The minimum absolute atomic E-state index is 0.136. The molecule has 1 fully saturated rings. The van der Waals surface area contributed by atoms with Crippen LogP contribution in [0.5, 0.6) is 0 Å². The molecule has 0 radical (unpaired) electrons. The molecule has 1 aromatic heterocycles. The topological polar surface area (TPSA) is 42.0 Å². The zero-order valence-corrected chi connectivity index (χ0v) is 11.3. The first kappa shape index (κ1) is 11.7. The molecule has 0 aliphatic heterocycles.